The van der Waals surface area contributed by atoms with Gasteiger partial charge in [0.2, 0.25) is 0 Å². The number of aromatic amines is 1. The van der Waals surface area contributed by atoms with Crippen LogP contribution >= 0.6 is 0 Å². The zero-order valence-electron chi connectivity index (χ0n) is 14.9. The van der Waals surface area contributed by atoms with Gasteiger partial charge >= 0.3 is 0 Å². The van der Waals surface area contributed by atoms with Gasteiger partial charge < -0.3 is 14.6 Å². The summed E-state index contributed by atoms with van der Waals surface area (Å²) in [6.45, 7) is 3.76. The maximum absolute atomic E-state index is 12.9. The zero-order chi connectivity index (χ0) is 18.3. The van der Waals surface area contributed by atoms with E-state index in [0.29, 0.717) is 24.5 Å². The normalized spacial score (nSPS) is 13.9. The summed E-state index contributed by atoms with van der Waals surface area (Å²) in [5.41, 5.74) is 4.92. The molecule has 8 nitrogen and oxygen atoms in total. The first-order valence-corrected chi connectivity index (χ1v) is 8.77. The molecule has 3 aromatic heterocycles. The van der Waals surface area contributed by atoms with Gasteiger partial charge in [-0.2, -0.15) is 10.2 Å². The van der Waals surface area contributed by atoms with E-state index >= 15 is 0 Å². The number of aliphatic hydroxyl groups excluding tert-OH is 1. The van der Waals surface area contributed by atoms with Crippen molar-refractivity contribution in [2.45, 2.75) is 33.0 Å². The number of carbonyl (C=O) groups is 1. The lowest BCUT2D eigenvalue weighted by Crippen LogP contribution is -2.36. The molecule has 0 unspecified atom stereocenters. The van der Waals surface area contributed by atoms with E-state index < -0.39 is 0 Å². The van der Waals surface area contributed by atoms with Crippen molar-refractivity contribution in [3.8, 4) is 11.4 Å². The molecule has 3 aromatic rings. The van der Waals surface area contributed by atoms with E-state index in [4.69, 9.17) is 0 Å². The standard InChI is InChI=1S/C18H22N6O2/c1-3-24-16-6-8-23(10-12(16)15(11-25)21-24)18(26)14-9-13(19-20-14)17-5-4-7-22(17)2/h4-5,7,9,25H,3,6,8,10-11H2,1-2H3,(H,19,20). The number of hydrogen-bond donors (Lipinski definition) is 2. The highest BCUT2D eigenvalue weighted by Gasteiger charge is 2.28. The summed E-state index contributed by atoms with van der Waals surface area (Å²) in [6, 6.07) is 5.69. The molecule has 0 aromatic carbocycles. The second kappa shape index (κ2) is 6.45. The molecule has 8 heteroatoms. The van der Waals surface area contributed by atoms with Gasteiger partial charge in [-0.25, -0.2) is 0 Å². The van der Waals surface area contributed by atoms with Gasteiger partial charge in [-0.1, -0.05) is 0 Å². The van der Waals surface area contributed by atoms with E-state index in [1.165, 1.54) is 0 Å². The van der Waals surface area contributed by atoms with Crippen molar-refractivity contribution in [3.63, 3.8) is 0 Å². The van der Waals surface area contributed by atoms with Crippen molar-refractivity contribution in [2.75, 3.05) is 6.54 Å². The van der Waals surface area contributed by atoms with Gasteiger partial charge in [0, 0.05) is 50.6 Å². The zero-order valence-corrected chi connectivity index (χ0v) is 14.9. The van der Waals surface area contributed by atoms with Gasteiger partial charge in [0.15, 0.2) is 0 Å². The molecule has 4 heterocycles. The van der Waals surface area contributed by atoms with E-state index in [9.17, 15) is 9.90 Å². The molecule has 0 radical (unpaired) electrons. The summed E-state index contributed by atoms with van der Waals surface area (Å²) < 4.78 is 3.89. The maximum Gasteiger partial charge on any atom is 0.272 e. The third kappa shape index (κ3) is 2.62. The molecule has 0 fully saturated rings. The first-order valence-electron chi connectivity index (χ1n) is 8.77. The van der Waals surface area contributed by atoms with Crippen LogP contribution in [-0.4, -0.2) is 47.0 Å². The minimum atomic E-state index is -0.112. The number of nitrogens with one attached hydrogen (secondary N) is 1. The third-order valence-electron chi connectivity index (χ3n) is 4.97. The fourth-order valence-corrected chi connectivity index (χ4v) is 3.58. The second-order valence-electron chi connectivity index (χ2n) is 6.49. The Morgan fingerprint density at radius 3 is 2.96 bits per heavy atom. The van der Waals surface area contributed by atoms with Gasteiger partial charge in [-0.15, -0.1) is 0 Å². The van der Waals surface area contributed by atoms with E-state index in [1.807, 2.05) is 41.5 Å². The van der Waals surface area contributed by atoms with Gasteiger partial charge in [0.25, 0.3) is 5.91 Å². The van der Waals surface area contributed by atoms with Crippen LogP contribution in [0.4, 0.5) is 0 Å². The van der Waals surface area contributed by atoms with E-state index in [1.54, 1.807) is 11.0 Å². The number of carbonyl (C=O) groups excluding carboxylic acids is 1. The first-order chi connectivity index (χ1) is 12.6. The highest BCUT2D eigenvalue weighted by Crippen LogP contribution is 2.25. The van der Waals surface area contributed by atoms with E-state index in [2.05, 4.69) is 15.3 Å². The van der Waals surface area contributed by atoms with Crippen molar-refractivity contribution in [1.29, 1.82) is 0 Å². The Balaban J connectivity index is 1.58. The number of fused-ring (bicyclic) bond motifs is 1. The van der Waals surface area contributed by atoms with Crippen LogP contribution in [0.15, 0.2) is 24.4 Å². The first kappa shape index (κ1) is 16.6. The Hall–Kier alpha value is -2.87. The number of H-pyrrole nitrogens is 1. The lowest BCUT2D eigenvalue weighted by atomic mass is 10.0. The molecule has 136 valence electrons. The van der Waals surface area contributed by atoms with Crippen LogP contribution < -0.4 is 0 Å². The highest BCUT2D eigenvalue weighted by atomic mass is 16.3. The molecule has 1 amide bonds. The molecule has 0 spiro atoms. The summed E-state index contributed by atoms with van der Waals surface area (Å²) in [5.74, 6) is -0.0863. The van der Waals surface area contributed by atoms with Gasteiger partial charge in [-0.3, -0.25) is 14.6 Å². The fraction of sp³-hybridized carbons (Fsp3) is 0.389. The summed E-state index contributed by atoms with van der Waals surface area (Å²) in [7, 11) is 1.94. The van der Waals surface area contributed by atoms with E-state index in [-0.39, 0.29) is 12.5 Å². The Morgan fingerprint density at radius 2 is 2.27 bits per heavy atom. The summed E-state index contributed by atoms with van der Waals surface area (Å²) in [5, 5.41) is 21.2. The Kier molecular flexibility index (Phi) is 4.12. The predicted molar refractivity (Wildman–Crippen MR) is 95.3 cm³/mol. The van der Waals surface area contributed by atoms with Crippen molar-refractivity contribution in [2.24, 2.45) is 7.05 Å². The van der Waals surface area contributed by atoms with Gasteiger partial charge in [0.1, 0.15) is 11.4 Å². The van der Waals surface area contributed by atoms with Crippen molar-refractivity contribution in [3.05, 3.63) is 47.0 Å². The number of nitrogens with zero attached hydrogens (tertiary/aromatic N) is 5. The number of aliphatic hydroxyl groups is 1. The SMILES string of the molecule is CCn1nc(CO)c2c1CCN(C(=O)c1cc(-c3cccn3C)n[nH]1)C2. The van der Waals surface area contributed by atoms with Crippen LogP contribution in [0, 0.1) is 0 Å². The van der Waals surface area contributed by atoms with Crippen LogP contribution in [0.5, 0.6) is 0 Å². The average Bonchev–Trinajstić information content (AvgIpc) is 3.38. The molecule has 0 aliphatic carbocycles. The van der Waals surface area contributed by atoms with E-state index in [0.717, 1.165) is 35.6 Å². The second-order valence-corrected chi connectivity index (χ2v) is 6.49. The summed E-state index contributed by atoms with van der Waals surface area (Å²) in [6.07, 6.45) is 2.68. The molecular formula is C18H22N6O2. The largest absolute Gasteiger partial charge is 0.390 e. The lowest BCUT2D eigenvalue weighted by molar-refractivity contribution is 0.0726. The predicted octanol–water partition coefficient (Wildman–Crippen LogP) is 1.32. The molecule has 1 aliphatic heterocycles. The van der Waals surface area contributed by atoms with Crippen LogP contribution in [0.3, 0.4) is 0 Å². The van der Waals surface area contributed by atoms with Crippen molar-refractivity contribution in [1.82, 2.24) is 29.4 Å². The maximum atomic E-state index is 12.9. The fourth-order valence-electron chi connectivity index (χ4n) is 3.58. The number of amides is 1. The highest BCUT2D eigenvalue weighted by molar-refractivity contribution is 5.93. The number of aromatic nitrogens is 5. The molecule has 2 N–H and O–H groups in total. The van der Waals surface area contributed by atoms with Crippen molar-refractivity contribution < 1.29 is 9.90 Å². The monoisotopic (exact) mass is 354 g/mol. The topological polar surface area (TPSA) is 92.0 Å². The molecule has 0 saturated heterocycles. The molecule has 0 saturated carbocycles. The third-order valence-corrected chi connectivity index (χ3v) is 4.97. The lowest BCUT2D eigenvalue weighted by Gasteiger charge is -2.27. The minimum Gasteiger partial charge on any atom is -0.390 e. The quantitative estimate of drug-likeness (QED) is 0.739. The number of rotatable bonds is 4. The smallest absolute Gasteiger partial charge is 0.272 e. The van der Waals surface area contributed by atoms with Gasteiger partial charge in [0.05, 0.1) is 18.0 Å². The molecular weight excluding hydrogens is 332 g/mol. The van der Waals surface area contributed by atoms with Crippen LogP contribution in [0.2, 0.25) is 0 Å². The molecule has 1 aliphatic rings. The van der Waals surface area contributed by atoms with Crippen LogP contribution in [0.1, 0.15) is 34.4 Å². The molecule has 0 atom stereocenters. The minimum absolute atomic E-state index is 0.0863. The Morgan fingerprint density at radius 1 is 1.42 bits per heavy atom. The Labute approximate surface area is 151 Å². The summed E-state index contributed by atoms with van der Waals surface area (Å²) in [4.78, 5) is 14.7. The number of hydrogen-bond acceptors (Lipinski definition) is 4. The van der Waals surface area contributed by atoms with Crippen LogP contribution in [0.25, 0.3) is 11.4 Å². The summed E-state index contributed by atoms with van der Waals surface area (Å²) >= 11 is 0. The average molecular weight is 354 g/mol. The molecule has 4 rings (SSSR count). The van der Waals surface area contributed by atoms with Crippen LogP contribution in [-0.2, 0) is 33.2 Å². The molecule has 26 heavy (non-hydrogen) atoms. The van der Waals surface area contributed by atoms with Crippen molar-refractivity contribution >= 4 is 5.91 Å². The Bertz CT molecular complexity index is 951. The number of aryl methyl sites for hydroxylation is 2. The molecule has 0 bridgehead atoms. The van der Waals surface area contributed by atoms with Gasteiger partial charge in [-0.05, 0) is 25.1 Å².